The van der Waals surface area contributed by atoms with E-state index in [1.807, 2.05) is 31.2 Å². The molecule has 3 nitrogen and oxygen atoms in total. The molecule has 0 bridgehead atoms. The Morgan fingerprint density at radius 3 is 2.25 bits per heavy atom. The van der Waals surface area contributed by atoms with Crippen LogP contribution in [0.3, 0.4) is 0 Å². The Kier molecular flexibility index (Phi) is 4.50. The number of aryl methyl sites for hydroxylation is 1. The zero-order valence-electron chi connectivity index (χ0n) is 9.37. The van der Waals surface area contributed by atoms with Gasteiger partial charge in [-0.2, -0.15) is 0 Å². The fourth-order valence-corrected chi connectivity index (χ4v) is 1.41. The van der Waals surface area contributed by atoms with Crippen molar-refractivity contribution in [2.24, 2.45) is 0 Å². The van der Waals surface area contributed by atoms with Crippen LogP contribution in [0.15, 0.2) is 24.3 Å². The zero-order chi connectivity index (χ0) is 12.1. The number of alkyl halides is 1. The standard InChI is InChI=1S/C12H14ClNO2/c1-9-3-5-11(6-4-9)14(10(2)15)8-12(16)7-13/h3-6H,7-8H2,1-2H3. The Morgan fingerprint density at radius 1 is 1.25 bits per heavy atom. The number of benzene rings is 1. The van der Waals surface area contributed by atoms with Gasteiger partial charge in [-0.1, -0.05) is 17.7 Å². The van der Waals surface area contributed by atoms with Crippen LogP contribution in [0.25, 0.3) is 0 Å². The Morgan fingerprint density at radius 2 is 1.81 bits per heavy atom. The number of carbonyl (C=O) groups is 2. The Balaban J connectivity index is 2.89. The number of rotatable bonds is 4. The first-order valence-corrected chi connectivity index (χ1v) is 5.50. The molecule has 86 valence electrons. The van der Waals surface area contributed by atoms with Gasteiger partial charge in [0.1, 0.15) is 0 Å². The molecule has 0 saturated carbocycles. The Bertz CT molecular complexity index is 387. The van der Waals surface area contributed by atoms with E-state index in [-0.39, 0.29) is 24.1 Å². The van der Waals surface area contributed by atoms with E-state index in [0.717, 1.165) is 11.3 Å². The van der Waals surface area contributed by atoms with Gasteiger partial charge in [-0.05, 0) is 19.1 Å². The first-order chi connectivity index (χ1) is 7.54. The third-order valence-corrected chi connectivity index (χ3v) is 2.51. The van der Waals surface area contributed by atoms with Crippen LogP contribution in [0, 0.1) is 6.92 Å². The zero-order valence-corrected chi connectivity index (χ0v) is 10.1. The van der Waals surface area contributed by atoms with Crippen molar-refractivity contribution in [2.45, 2.75) is 13.8 Å². The second-order valence-electron chi connectivity index (χ2n) is 3.61. The van der Waals surface area contributed by atoms with Crippen LogP contribution < -0.4 is 4.90 Å². The largest absolute Gasteiger partial charge is 0.305 e. The summed E-state index contributed by atoms with van der Waals surface area (Å²) in [7, 11) is 0. The summed E-state index contributed by atoms with van der Waals surface area (Å²) in [5, 5.41) is 0. The number of amides is 1. The Hall–Kier alpha value is -1.35. The molecular weight excluding hydrogens is 226 g/mol. The number of nitrogens with zero attached hydrogens (tertiary/aromatic N) is 1. The molecule has 1 aromatic carbocycles. The molecule has 4 heteroatoms. The third-order valence-electron chi connectivity index (χ3n) is 2.21. The van der Waals surface area contributed by atoms with Crippen molar-refractivity contribution in [3.05, 3.63) is 29.8 Å². The normalized spacial score (nSPS) is 9.94. The van der Waals surface area contributed by atoms with Gasteiger partial charge in [-0.25, -0.2) is 0 Å². The first kappa shape index (κ1) is 12.7. The second kappa shape index (κ2) is 5.66. The molecule has 0 aliphatic carbocycles. The average Bonchev–Trinajstić information content (AvgIpc) is 2.26. The van der Waals surface area contributed by atoms with Crippen LogP contribution in [0.5, 0.6) is 0 Å². The Labute approximate surface area is 100 Å². The highest BCUT2D eigenvalue weighted by molar-refractivity contribution is 6.28. The average molecular weight is 240 g/mol. The molecule has 0 unspecified atom stereocenters. The van der Waals surface area contributed by atoms with Gasteiger partial charge in [0.2, 0.25) is 5.91 Å². The van der Waals surface area contributed by atoms with Crippen LogP contribution >= 0.6 is 11.6 Å². The van der Waals surface area contributed by atoms with Gasteiger partial charge in [0.05, 0.1) is 12.4 Å². The van der Waals surface area contributed by atoms with Gasteiger partial charge in [-0.3, -0.25) is 9.59 Å². The van der Waals surface area contributed by atoms with Crippen molar-refractivity contribution in [1.29, 1.82) is 0 Å². The van der Waals surface area contributed by atoms with E-state index < -0.39 is 0 Å². The summed E-state index contributed by atoms with van der Waals surface area (Å²) in [6, 6.07) is 7.43. The maximum atomic E-state index is 11.4. The smallest absolute Gasteiger partial charge is 0.224 e. The minimum Gasteiger partial charge on any atom is -0.305 e. The monoisotopic (exact) mass is 239 g/mol. The number of anilines is 1. The van der Waals surface area contributed by atoms with Crippen molar-refractivity contribution in [3.63, 3.8) is 0 Å². The molecule has 1 rings (SSSR count). The van der Waals surface area contributed by atoms with Gasteiger partial charge in [0.15, 0.2) is 5.78 Å². The van der Waals surface area contributed by atoms with E-state index >= 15 is 0 Å². The van der Waals surface area contributed by atoms with Crippen molar-refractivity contribution in [1.82, 2.24) is 0 Å². The summed E-state index contributed by atoms with van der Waals surface area (Å²) in [5.41, 5.74) is 1.83. The SMILES string of the molecule is CC(=O)N(CC(=O)CCl)c1ccc(C)cc1. The van der Waals surface area contributed by atoms with E-state index in [1.165, 1.54) is 11.8 Å². The van der Waals surface area contributed by atoms with E-state index in [2.05, 4.69) is 0 Å². The minimum absolute atomic E-state index is 0.0297. The molecule has 0 atom stereocenters. The van der Waals surface area contributed by atoms with Crippen molar-refractivity contribution in [3.8, 4) is 0 Å². The highest BCUT2D eigenvalue weighted by Gasteiger charge is 2.14. The van der Waals surface area contributed by atoms with Crippen LogP contribution in [0.4, 0.5) is 5.69 Å². The topological polar surface area (TPSA) is 37.4 Å². The summed E-state index contributed by atoms with van der Waals surface area (Å²) < 4.78 is 0. The number of halogens is 1. The van der Waals surface area contributed by atoms with Gasteiger partial charge in [0, 0.05) is 12.6 Å². The molecule has 0 spiro atoms. The van der Waals surface area contributed by atoms with Crippen molar-refractivity contribution >= 4 is 29.0 Å². The number of hydrogen-bond donors (Lipinski definition) is 0. The van der Waals surface area contributed by atoms with Crippen LogP contribution in [0.2, 0.25) is 0 Å². The maximum absolute atomic E-state index is 11.4. The maximum Gasteiger partial charge on any atom is 0.224 e. The highest BCUT2D eigenvalue weighted by Crippen LogP contribution is 2.15. The third kappa shape index (κ3) is 3.35. The van der Waals surface area contributed by atoms with E-state index in [0.29, 0.717) is 0 Å². The lowest BCUT2D eigenvalue weighted by Gasteiger charge is -2.20. The molecule has 1 aromatic rings. The fraction of sp³-hybridized carbons (Fsp3) is 0.333. The molecule has 0 saturated heterocycles. The molecule has 16 heavy (non-hydrogen) atoms. The molecule has 0 radical (unpaired) electrons. The van der Waals surface area contributed by atoms with E-state index in [1.54, 1.807) is 0 Å². The van der Waals surface area contributed by atoms with E-state index in [9.17, 15) is 9.59 Å². The molecule has 0 aliphatic heterocycles. The van der Waals surface area contributed by atoms with Crippen LogP contribution in [-0.2, 0) is 9.59 Å². The summed E-state index contributed by atoms with van der Waals surface area (Å²) in [6.07, 6.45) is 0. The van der Waals surface area contributed by atoms with Crippen LogP contribution in [0.1, 0.15) is 12.5 Å². The van der Waals surface area contributed by atoms with Crippen LogP contribution in [-0.4, -0.2) is 24.1 Å². The molecule has 0 fully saturated rings. The molecule has 0 heterocycles. The lowest BCUT2D eigenvalue weighted by atomic mass is 10.2. The number of Topliss-reactive ketones (excluding diaryl/α,β-unsaturated/α-hetero) is 1. The van der Waals surface area contributed by atoms with Crippen molar-refractivity contribution < 1.29 is 9.59 Å². The highest BCUT2D eigenvalue weighted by atomic mass is 35.5. The summed E-state index contributed by atoms with van der Waals surface area (Å²) in [4.78, 5) is 24.1. The quantitative estimate of drug-likeness (QED) is 0.755. The number of hydrogen-bond acceptors (Lipinski definition) is 2. The molecule has 0 aromatic heterocycles. The lowest BCUT2D eigenvalue weighted by Crippen LogP contribution is -2.34. The molecule has 0 aliphatic rings. The van der Waals surface area contributed by atoms with E-state index in [4.69, 9.17) is 11.6 Å². The van der Waals surface area contributed by atoms with Gasteiger partial charge in [-0.15, -0.1) is 11.6 Å². The summed E-state index contributed by atoms with van der Waals surface area (Å²) >= 11 is 5.43. The summed E-state index contributed by atoms with van der Waals surface area (Å²) in [5.74, 6) is -0.407. The molecule has 0 N–H and O–H groups in total. The van der Waals surface area contributed by atoms with Gasteiger partial charge >= 0.3 is 0 Å². The first-order valence-electron chi connectivity index (χ1n) is 4.97. The minimum atomic E-state index is -0.169. The number of ketones is 1. The second-order valence-corrected chi connectivity index (χ2v) is 3.88. The predicted molar refractivity (Wildman–Crippen MR) is 64.9 cm³/mol. The van der Waals surface area contributed by atoms with Crippen molar-refractivity contribution in [2.75, 3.05) is 17.3 Å². The molecular formula is C12H14ClNO2. The summed E-state index contributed by atoms with van der Waals surface area (Å²) in [6.45, 7) is 3.43. The predicted octanol–water partition coefficient (Wildman–Crippen LogP) is 2.16. The number of carbonyl (C=O) groups excluding carboxylic acids is 2. The lowest BCUT2D eigenvalue weighted by molar-refractivity contribution is -0.120. The molecule has 1 amide bonds. The fourth-order valence-electron chi connectivity index (χ4n) is 1.33. The van der Waals surface area contributed by atoms with Gasteiger partial charge < -0.3 is 4.90 Å². The van der Waals surface area contributed by atoms with Gasteiger partial charge in [0.25, 0.3) is 0 Å².